The molecule has 0 spiro atoms. The zero-order valence-corrected chi connectivity index (χ0v) is 13.4. The van der Waals surface area contributed by atoms with E-state index in [0.29, 0.717) is 17.2 Å². The van der Waals surface area contributed by atoms with Gasteiger partial charge in [0.05, 0.1) is 11.1 Å². The lowest BCUT2D eigenvalue weighted by Gasteiger charge is -2.12. The molecule has 0 radical (unpaired) electrons. The second-order valence-corrected chi connectivity index (χ2v) is 5.24. The molecule has 1 heterocycles. The van der Waals surface area contributed by atoms with E-state index in [1.165, 1.54) is 12.3 Å². The first-order valence-corrected chi connectivity index (χ1v) is 6.94. The minimum Gasteiger partial charge on any atom is -0.372 e. The SMILES string of the molecule is Cc1cc(C)nc(N/N=C\c2ccc(N(C)C)c([N+](=O)[O-])c2)n1. The fourth-order valence-electron chi connectivity index (χ4n) is 2.09. The number of hydrogen-bond donors (Lipinski definition) is 1. The number of aromatic nitrogens is 2. The summed E-state index contributed by atoms with van der Waals surface area (Å²) in [6.45, 7) is 3.74. The Bertz CT molecular complexity index is 737. The Hall–Kier alpha value is -3.03. The quantitative estimate of drug-likeness (QED) is 0.517. The summed E-state index contributed by atoms with van der Waals surface area (Å²) < 4.78 is 0. The van der Waals surface area contributed by atoms with Crippen LogP contribution in [0.4, 0.5) is 17.3 Å². The summed E-state index contributed by atoms with van der Waals surface area (Å²) in [4.78, 5) is 20.8. The third kappa shape index (κ3) is 4.22. The van der Waals surface area contributed by atoms with Crippen molar-refractivity contribution < 1.29 is 4.92 Å². The van der Waals surface area contributed by atoms with Gasteiger partial charge in [0.15, 0.2) is 0 Å². The van der Waals surface area contributed by atoms with E-state index in [1.54, 1.807) is 31.1 Å². The van der Waals surface area contributed by atoms with E-state index in [4.69, 9.17) is 0 Å². The van der Waals surface area contributed by atoms with Crippen molar-refractivity contribution in [3.8, 4) is 0 Å². The Labute approximate surface area is 134 Å². The number of rotatable bonds is 5. The average molecular weight is 314 g/mol. The number of nitrogens with one attached hydrogen (secondary N) is 1. The van der Waals surface area contributed by atoms with Gasteiger partial charge in [0.25, 0.3) is 5.69 Å². The number of aryl methyl sites for hydroxylation is 2. The molecule has 0 unspecified atom stereocenters. The zero-order chi connectivity index (χ0) is 17.0. The molecule has 1 N–H and O–H groups in total. The number of benzene rings is 1. The van der Waals surface area contributed by atoms with Crippen LogP contribution in [0.5, 0.6) is 0 Å². The Kier molecular flexibility index (Phi) is 4.85. The second-order valence-electron chi connectivity index (χ2n) is 5.24. The van der Waals surface area contributed by atoms with Gasteiger partial charge >= 0.3 is 0 Å². The van der Waals surface area contributed by atoms with Gasteiger partial charge < -0.3 is 4.90 Å². The maximum absolute atomic E-state index is 11.1. The lowest BCUT2D eigenvalue weighted by Crippen LogP contribution is -2.11. The first kappa shape index (κ1) is 16.3. The predicted molar refractivity (Wildman–Crippen MR) is 90.1 cm³/mol. The molecule has 8 nitrogen and oxygen atoms in total. The van der Waals surface area contributed by atoms with E-state index in [1.807, 2.05) is 19.9 Å². The van der Waals surface area contributed by atoms with Crippen LogP contribution in [0.25, 0.3) is 0 Å². The molecule has 0 aliphatic rings. The third-order valence-corrected chi connectivity index (χ3v) is 3.04. The van der Waals surface area contributed by atoms with Crippen molar-refractivity contribution in [3.63, 3.8) is 0 Å². The van der Waals surface area contributed by atoms with Gasteiger partial charge in [0.1, 0.15) is 5.69 Å². The lowest BCUT2D eigenvalue weighted by atomic mass is 10.2. The van der Waals surface area contributed by atoms with Gasteiger partial charge in [0.2, 0.25) is 5.95 Å². The van der Waals surface area contributed by atoms with Gasteiger partial charge in [-0.15, -0.1) is 0 Å². The normalized spacial score (nSPS) is 10.8. The topological polar surface area (TPSA) is 96.5 Å². The van der Waals surface area contributed by atoms with Crippen molar-refractivity contribution in [2.75, 3.05) is 24.4 Å². The van der Waals surface area contributed by atoms with Crippen LogP contribution in [0.1, 0.15) is 17.0 Å². The van der Waals surface area contributed by atoms with Gasteiger partial charge in [-0.2, -0.15) is 5.10 Å². The molecular formula is C15H18N6O2. The molecule has 0 amide bonds. The number of anilines is 2. The lowest BCUT2D eigenvalue weighted by molar-refractivity contribution is -0.384. The van der Waals surface area contributed by atoms with E-state index in [0.717, 1.165) is 11.4 Å². The number of nitro groups is 1. The molecule has 8 heteroatoms. The van der Waals surface area contributed by atoms with Gasteiger partial charge in [0, 0.05) is 37.1 Å². The minimum absolute atomic E-state index is 0.0293. The standard InChI is InChI=1S/C15H18N6O2/c1-10-7-11(2)18-15(17-10)19-16-9-12-5-6-13(20(3)4)14(8-12)21(22)23/h5-9H,1-4H3,(H,17,18,19)/b16-9-. The van der Waals surface area contributed by atoms with Crippen LogP contribution in [-0.4, -0.2) is 35.2 Å². The first-order valence-electron chi connectivity index (χ1n) is 6.94. The van der Waals surface area contributed by atoms with Crippen molar-refractivity contribution in [1.29, 1.82) is 0 Å². The maximum Gasteiger partial charge on any atom is 0.293 e. The Morgan fingerprint density at radius 1 is 1.22 bits per heavy atom. The molecule has 2 rings (SSSR count). The highest BCUT2D eigenvalue weighted by Crippen LogP contribution is 2.27. The molecule has 0 fully saturated rings. The third-order valence-electron chi connectivity index (χ3n) is 3.04. The van der Waals surface area contributed by atoms with Crippen LogP contribution >= 0.6 is 0 Å². The smallest absolute Gasteiger partial charge is 0.293 e. The molecule has 0 saturated carbocycles. The van der Waals surface area contributed by atoms with Crippen molar-refractivity contribution in [3.05, 3.63) is 51.3 Å². The highest BCUT2D eigenvalue weighted by atomic mass is 16.6. The van der Waals surface area contributed by atoms with Gasteiger partial charge in [-0.3, -0.25) is 10.1 Å². The van der Waals surface area contributed by atoms with Crippen LogP contribution in [-0.2, 0) is 0 Å². The van der Waals surface area contributed by atoms with E-state index >= 15 is 0 Å². The summed E-state index contributed by atoms with van der Waals surface area (Å²) in [7, 11) is 3.52. The van der Waals surface area contributed by atoms with Crippen molar-refractivity contribution in [1.82, 2.24) is 9.97 Å². The highest BCUT2D eigenvalue weighted by Gasteiger charge is 2.15. The van der Waals surface area contributed by atoms with Crippen LogP contribution in [0.3, 0.4) is 0 Å². The summed E-state index contributed by atoms with van der Waals surface area (Å²) in [6.07, 6.45) is 1.49. The Balaban J connectivity index is 2.19. The molecule has 0 aliphatic carbocycles. The number of nitro benzene ring substituents is 1. The van der Waals surface area contributed by atoms with Crippen LogP contribution in [0.2, 0.25) is 0 Å². The summed E-state index contributed by atoms with van der Waals surface area (Å²) in [6, 6.07) is 6.78. The molecule has 0 aliphatic heterocycles. The second kappa shape index (κ2) is 6.82. The van der Waals surface area contributed by atoms with Crippen LogP contribution < -0.4 is 10.3 Å². The van der Waals surface area contributed by atoms with Crippen molar-refractivity contribution in [2.24, 2.45) is 5.10 Å². The molecular weight excluding hydrogens is 296 g/mol. The fraction of sp³-hybridized carbons (Fsp3) is 0.267. The molecule has 0 saturated heterocycles. The van der Waals surface area contributed by atoms with Gasteiger partial charge in [-0.05, 0) is 26.0 Å². The Morgan fingerprint density at radius 3 is 2.43 bits per heavy atom. The van der Waals surface area contributed by atoms with Gasteiger partial charge in [-0.1, -0.05) is 6.07 Å². The van der Waals surface area contributed by atoms with Gasteiger partial charge in [-0.25, -0.2) is 15.4 Å². The largest absolute Gasteiger partial charge is 0.372 e. The molecule has 0 atom stereocenters. The number of nitrogens with zero attached hydrogens (tertiary/aromatic N) is 5. The molecule has 23 heavy (non-hydrogen) atoms. The minimum atomic E-state index is -0.410. The fourth-order valence-corrected chi connectivity index (χ4v) is 2.09. The van der Waals surface area contributed by atoms with Crippen molar-refractivity contribution >= 4 is 23.5 Å². The highest BCUT2D eigenvalue weighted by molar-refractivity contribution is 5.83. The average Bonchev–Trinajstić information content (AvgIpc) is 2.45. The first-order chi connectivity index (χ1) is 10.9. The van der Waals surface area contributed by atoms with E-state index < -0.39 is 4.92 Å². The predicted octanol–water partition coefficient (Wildman–Crippen LogP) is 2.51. The molecule has 2 aromatic rings. The number of hydrazone groups is 1. The molecule has 1 aromatic carbocycles. The summed E-state index contributed by atoms with van der Waals surface area (Å²) in [5.74, 6) is 0.387. The summed E-state index contributed by atoms with van der Waals surface area (Å²) >= 11 is 0. The molecule has 0 bridgehead atoms. The van der Waals surface area contributed by atoms with Crippen molar-refractivity contribution in [2.45, 2.75) is 13.8 Å². The zero-order valence-electron chi connectivity index (χ0n) is 13.4. The summed E-state index contributed by atoms with van der Waals surface area (Å²) in [5.41, 5.74) is 5.58. The van der Waals surface area contributed by atoms with E-state index in [9.17, 15) is 10.1 Å². The Morgan fingerprint density at radius 2 is 1.87 bits per heavy atom. The van der Waals surface area contributed by atoms with Crippen LogP contribution in [0.15, 0.2) is 29.4 Å². The van der Waals surface area contributed by atoms with E-state index in [-0.39, 0.29) is 5.69 Å². The maximum atomic E-state index is 11.1. The molecule has 120 valence electrons. The van der Waals surface area contributed by atoms with Crippen LogP contribution in [0, 0.1) is 24.0 Å². The summed E-state index contributed by atoms with van der Waals surface area (Å²) in [5, 5.41) is 15.2. The van der Waals surface area contributed by atoms with E-state index in [2.05, 4.69) is 20.5 Å². The molecule has 1 aromatic heterocycles. The number of hydrogen-bond acceptors (Lipinski definition) is 7. The monoisotopic (exact) mass is 314 g/mol.